The van der Waals surface area contributed by atoms with E-state index in [2.05, 4.69) is 10.6 Å². The summed E-state index contributed by atoms with van der Waals surface area (Å²) in [6, 6.07) is 9.35. The first-order valence-electron chi connectivity index (χ1n) is 8.27. The molecule has 2 amide bonds. The van der Waals surface area contributed by atoms with Crippen molar-refractivity contribution < 1.29 is 9.18 Å². The zero-order valence-corrected chi connectivity index (χ0v) is 14.0. The third kappa shape index (κ3) is 3.99. The molecule has 0 saturated carbocycles. The zero-order chi connectivity index (χ0) is 17.8. The van der Waals surface area contributed by atoms with Crippen molar-refractivity contribution in [3.8, 4) is 0 Å². The maximum atomic E-state index is 14.0. The van der Waals surface area contributed by atoms with Gasteiger partial charge in [-0.1, -0.05) is 12.1 Å². The first-order chi connectivity index (χ1) is 12.0. The van der Waals surface area contributed by atoms with Crippen LogP contribution in [0.2, 0.25) is 0 Å². The van der Waals surface area contributed by atoms with Crippen molar-refractivity contribution in [2.75, 3.05) is 23.3 Å². The van der Waals surface area contributed by atoms with E-state index >= 15 is 0 Å². The highest BCUT2D eigenvalue weighted by molar-refractivity contribution is 5.89. The number of carbonyl (C=O) groups excluding carboxylic acids is 1. The maximum Gasteiger partial charge on any atom is 0.319 e. The van der Waals surface area contributed by atoms with Gasteiger partial charge >= 0.3 is 6.03 Å². The monoisotopic (exact) mass is 344 g/mol. The molecule has 0 bridgehead atoms. The fourth-order valence-corrected chi connectivity index (χ4v) is 3.06. The standard InChI is InChI=1S/C18H21FN4O2/c1-22-10-5-8-15(17(22)24)21-18(25)20-13-6-4-11-23(12-13)16-9-3-2-7-14(16)19/h2-3,5,7-10,13H,4,6,11-12H2,1H3,(H2,20,21,25). The van der Waals surface area contributed by atoms with Crippen molar-refractivity contribution in [1.82, 2.24) is 9.88 Å². The zero-order valence-electron chi connectivity index (χ0n) is 14.0. The number of aryl methyl sites for hydroxylation is 1. The van der Waals surface area contributed by atoms with Gasteiger partial charge in [0.25, 0.3) is 5.56 Å². The Kier molecular flexibility index (Phi) is 5.02. The molecule has 1 aliphatic rings. The Hall–Kier alpha value is -2.83. The van der Waals surface area contributed by atoms with E-state index in [4.69, 9.17) is 0 Å². The van der Waals surface area contributed by atoms with Crippen LogP contribution in [0.25, 0.3) is 0 Å². The van der Waals surface area contributed by atoms with E-state index in [9.17, 15) is 14.0 Å². The number of hydrogen-bond donors (Lipinski definition) is 2. The van der Waals surface area contributed by atoms with Gasteiger partial charge in [-0.3, -0.25) is 4.79 Å². The molecule has 25 heavy (non-hydrogen) atoms. The van der Waals surface area contributed by atoms with Gasteiger partial charge in [0.2, 0.25) is 0 Å². The van der Waals surface area contributed by atoms with Gasteiger partial charge in [0.05, 0.1) is 5.69 Å². The number of carbonyl (C=O) groups is 1. The van der Waals surface area contributed by atoms with Crippen molar-refractivity contribution >= 4 is 17.4 Å². The highest BCUT2D eigenvalue weighted by Crippen LogP contribution is 2.22. The summed E-state index contributed by atoms with van der Waals surface area (Å²) in [6.07, 6.45) is 3.29. The minimum atomic E-state index is -0.427. The van der Waals surface area contributed by atoms with E-state index < -0.39 is 6.03 Å². The second-order valence-corrected chi connectivity index (χ2v) is 6.17. The summed E-state index contributed by atoms with van der Waals surface area (Å²) < 4.78 is 15.4. The number of benzene rings is 1. The van der Waals surface area contributed by atoms with Crippen LogP contribution < -0.4 is 21.1 Å². The quantitative estimate of drug-likeness (QED) is 0.898. The molecule has 3 rings (SSSR count). The molecular weight excluding hydrogens is 323 g/mol. The first-order valence-corrected chi connectivity index (χ1v) is 8.27. The van der Waals surface area contributed by atoms with Crippen molar-refractivity contribution in [2.24, 2.45) is 7.05 Å². The molecule has 1 fully saturated rings. The van der Waals surface area contributed by atoms with Gasteiger partial charge in [-0.25, -0.2) is 9.18 Å². The second kappa shape index (κ2) is 7.38. The molecule has 132 valence electrons. The number of aromatic nitrogens is 1. The minimum absolute atomic E-state index is 0.110. The number of pyridine rings is 1. The molecule has 0 aliphatic carbocycles. The SMILES string of the molecule is Cn1cccc(NC(=O)NC2CCCN(c3ccccc3F)C2)c1=O. The van der Waals surface area contributed by atoms with Crippen LogP contribution in [0.5, 0.6) is 0 Å². The third-order valence-electron chi connectivity index (χ3n) is 4.32. The Balaban J connectivity index is 1.63. The molecule has 0 radical (unpaired) electrons. The van der Waals surface area contributed by atoms with Crippen LogP contribution in [-0.2, 0) is 7.05 Å². The number of anilines is 2. The average molecular weight is 344 g/mol. The lowest BCUT2D eigenvalue weighted by atomic mass is 10.0. The lowest BCUT2D eigenvalue weighted by Gasteiger charge is -2.34. The Morgan fingerprint density at radius 1 is 1.24 bits per heavy atom. The maximum absolute atomic E-state index is 14.0. The smallest absolute Gasteiger partial charge is 0.319 e. The molecule has 1 saturated heterocycles. The summed E-state index contributed by atoms with van der Waals surface area (Å²) in [5.41, 5.74) is 0.505. The summed E-state index contributed by atoms with van der Waals surface area (Å²) in [5, 5.41) is 5.46. The van der Waals surface area contributed by atoms with Gasteiger partial charge in [-0.15, -0.1) is 0 Å². The Morgan fingerprint density at radius 2 is 2.04 bits per heavy atom. The molecule has 6 nitrogen and oxygen atoms in total. The van der Waals surface area contributed by atoms with Crippen molar-refractivity contribution in [2.45, 2.75) is 18.9 Å². The van der Waals surface area contributed by atoms with Gasteiger partial charge in [0, 0.05) is 32.4 Å². The van der Waals surface area contributed by atoms with Gasteiger partial charge < -0.3 is 20.1 Å². The Morgan fingerprint density at radius 3 is 2.84 bits per heavy atom. The van der Waals surface area contributed by atoms with Crippen LogP contribution in [0.1, 0.15) is 12.8 Å². The first kappa shape index (κ1) is 17.0. The van der Waals surface area contributed by atoms with E-state index in [0.29, 0.717) is 12.2 Å². The number of para-hydroxylation sites is 1. The Labute approximate surface area is 145 Å². The van der Waals surface area contributed by atoms with Crippen LogP contribution in [-0.4, -0.2) is 29.7 Å². The van der Waals surface area contributed by atoms with Gasteiger partial charge in [0.1, 0.15) is 11.5 Å². The van der Waals surface area contributed by atoms with E-state index in [-0.39, 0.29) is 23.1 Å². The number of nitrogens with zero attached hydrogens (tertiary/aromatic N) is 2. The molecule has 2 N–H and O–H groups in total. The summed E-state index contributed by atoms with van der Waals surface area (Å²) in [5.74, 6) is -0.264. The third-order valence-corrected chi connectivity index (χ3v) is 4.32. The van der Waals surface area contributed by atoms with Crippen LogP contribution >= 0.6 is 0 Å². The van der Waals surface area contributed by atoms with Crippen LogP contribution in [0.4, 0.5) is 20.6 Å². The molecule has 7 heteroatoms. The molecule has 1 unspecified atom stereocenters. The Bertz CT molecular complexity index is 821. The summed E-state index contributed by atoms with van der Waals surface area (Å²) in [4.78, 5) is 26.1. The molecule has 2 heterocycles. The van der Waals surface area contributed by atoms with Gasteiger partial charge in [-0.05, 0) is 37.1 Å². The van der Waals surface area contributed by atoms with Gasteiger partial charge in [0.15, 0.2) is 0 Å². The predicted octanol–water partition coefficient (Wildman–Crippen LogP) is 2.31. The molecule has 2 aromatic rings. The molecular formula is C18H21FN4O2. The fourth-order valence-electron chi connectivity index (χ4n) is 3.06. The number of amides is 2. The van der Waals surface area contributed by atoms with E-state index in [1.54, 1.807) is 43.6 Å². The number of piperidine rings is 1. The number of halogens is 1. The lowest BCUT2D eigenvalue weighted by molar-refractivity contribution is 0.246. The van der Waals surface area contributed by atoms with Crippen molar-refractivity contribution in [3.63, 3.8) is 0 Å². The average Bonchev–Trinajstić information content (AvgIpc) is 2.59. The second-order valence-electron chi connectivity index (χ2n) is 6.17. The van der Waals surface area contributed by atoms with Crippen LogP contribution in [0.15, 0.2) is 47.4 Å². The summed E-state index contributed by atoms with van der Waals surface area (Å²) >= 11 is 0. The highest BCUT2D eigenvalue weighted by Gasteiger charge is 2.23. The van der Waals surface area contributed by atoms with Crippen LogP contribution in [0.3, 0.4) is 0 Å². The molecule has 0 spiro atoms. The van der Waals surface area contributed by atoms with E-state index in [0.717, 1.165) is 19.4 Å². The molecule has 1 aromatic carbocycles. The lowest BCUT2D eigenvalue weighted by Crippen LogP contribution is -2.49. The number of urea groups is 1. The number of nitrogens with one attached hydrogen (secondary N) is 2. The van der Waals surface area contributed by atoms with E-state index in [1.165, 1.54) is 10.6 Å². The van der Waals surface area contributed by atoms with Crippen molar-refractivity contribution in [1.29, 1.82) is 0 Å². The molecule has 1 aliphatic heterocycles. The largest absolute Gasteiger partial charge is 0.367 e. The molecule has 1 aromatic heterocycles. The van der Waals surface area contributed by atoms with E-state index in [1.807, 2.05) is 4.90 Å². The summed E-state index contributed by atoms with van der Waals surface area (Å²) in [6.45, 7) is 1.28. The van der Waals surface area contributed by atoms with Crippen molar-refractivity contribution in [3.05, 3.63) is 58.8 Å². The fraction of sp³-hybridized carbons (Fsp3) is 0.333. The van der Waals surface area contributed by atoms with Crippen LogP contribution in [0, 0.1) is 5.82 Å². The highest BCUT2D eigenvalue weighted by atomic mass is 19.1. The summed E-state index contributed by atoms with van der Waals surface area (Å²) in [7, 11) is 1.62. The predicted molar refractivity (Wildman–Crippen MR) is 95.5 cm³/mol. The topological polar surface area (TPSA) is 66.4 Å². The normalized spacial score (nSPS) is 17.2. The molecule has 1 atom stereocenters. The minimum Gasteiger partial charge on any atom is -0.367 e. The number of hydrogen-bond acceptors (Lipinski definition) is 3. The van der Waals surface area contributed by atoms with Gasteiger partial charge in [-0.2, -0.15) is 0 Å². The number of rotatable bonds is 3.